The van der Waals surface area contributed by atoms with Crippen molar-refractivity contribution in [2.45, 2.75) is 5.41 Å². The first kappa shape index (κ1) is 32.5. The summed E-state index contributed by atoms with van der Waals surface area (Å²) in [6.45, 7) is 0. The van der Waals surface area contributed by atoms with Gasteiger partial charge in [-0.25, -0.2) is 9.97 Å². The Balaban J connectivity index is 1.23. The average Bonchev–Trinajstić information content (AvgIpc) is 3.81. The van der Waals surface area contributed by atoms with Crippen LogP contribution in [0.3, 0.4) is 0 Å². The molecule has 0 amide bonds. The SMILES string of the molecule is c1ccc(-c2cc(-c3ccccc3)nc(-c3c(-c4ccc5c(c4)C(c4ccccc4)(c4ccccc4)c4ccccc4-5)ccc4c3sc3ccccc34)n2)cc1. The van der Waals surface area contributed by atoms with Crippen LogP contribution in [0.25, 0.3) is 76.3 Å². The first-order valence-corrected chi connectivity index (χ1v) is 19.9. The second kappa shape index (κ2) is 13.1. The summed E-state index contributed by atoms with van der Waals surface area (Å²) in [5.74, 6) is 0.721. The summed E-state index contributed by atoms with van der Waals surface area (Å²) in [6.07, 6.45) is 0. The molecule has 2 aromatic heterocycles. The molecule has 8 aromatic carbocycles. The minimum Gasteiger partial charge on any atom is -0.228 e. The van der Waals surface area contributed by atoms with Gasteiger partial charge in [0.1, 0.15) is 0 Å². The van der Waals surface area contributed by atoms with Gasteiger partial charge in [-0.15, -0.1) is 11.3 Å². The molecule has 0 saturated heterocycles. The van der Waals surface area contributed by atoms with E-state index in [0.717, 1.165) is 45.0 Å². The molecule has 0 bridgehead atoms. The quantitative estimate of drug-likeness (QED) is 0.170. The van der Waals surface area contributed by atoms with Gasteiger partial charge >= 0.3 is 0 Å². The van der Waals surface area contributed by atoms with Crippen molar-refractivity contribution in [2.75, 3.05) is 0 Å². The second-order valence-corrected chi connectivity index (χ2v) is 15.5. The molecule has 3 heteroatoms. The molecule has 0 atom stereocenters. The minimum atomic E-state index is -0.503. The van der Waals surface area contributed by atoms with Gasteiger partial charge in [-0.1, -0.05) is 188 Å². The summed E-state index contributed by atoms with van der Waals surface area (Å²) in [5, 5.41) is 2.47. The topological polar surface area (TPSA) is 25.8 Å². The number of thiophene rings is 1. The second-order valence-electron chi connectivity index (χ2n) is 14.4. The molecule has 1 aliphatic carbocycles. The predicted molar refractivity (Wildman–Crippen MR) is 234 cm³/mol. The molecule has 2 nitrogen and oxygen atoms in total. The largest absolute Gasteiger partial charge is 0.228 e. The molecule has 0 N–H and O–H groups in total. The standard InChI is InChI=1S/C53H34N2S/c1-5-17-35(18-6-1)47-34-48(36-19-7-2-8-20-36)55-52(54-47)50-40(31-32-44-43-26-14-16-28-49(43)56-51(44)50)37-29-30-42-41-25-13-15-27-45(41)53(46(42)33-37,38-21-9-3-10-22-38)39-23-11-4-12-24-39/h1-34H. The molecule has 0 spiro atoms. The van der Waals surface area contributed by atoms with Crippen LogP contribution in [0.2, 0.25) is 0 Å². The van der Waals surface area contributed by atoms with Crippen LogP contribution >= 0.6 is 11.3 Å². The van der Waals surface area contributed by atoms with E-state index in [-0.39, 0.29) is 0 Å². The van der Waals surface area contributed by atoms with Crippen molar-refractivity contribution in [3.8, 4) is 56.2 Å². The molecule has 0 saturated carbocycles. The third kappa shape index (κ3) is 5.02. The van der Waals surface area contributed by atoms with Gasteiger partial charge in [-0.05, 0) is 62.7 Å². The average molecular weight is 731 g/mol. The van der Waals surface area contributed by atoms with E-state index in [0.29, 0.717) is 0 Å². The summed E-state index contributed by atoms with van der Waals surface area (Å²) >= 11 is 1.82. The Hall–Kier alpha value is -6.94. The number of hydrogen-bond donors (Lipinski definition) is 0. The highest BCUT2D eigenvalue weighted by Crippen LogP contribution is 2.57. The smallest absolute Gasteiger partial charge is 0.162 e. The summed E-state index contributed by atoms with van der Waals surface area (Å²) in [6, 6.07) is 74.4. The van der Waals surface area contributed by atoms with Crippen LogP contribution in [0.15, 0.2) is 206 Å². The van der Waals surface area contributed by atoms with E-state index < -0.39 is 5.41 Å². The normalized spacial score (nSPS) is 12.8. The summed E-state index contributed by atoms with van der Waals surface area (Å²) in [7, 11) is 0. The van der Waals surface area contributed by atoms with Gasteiger partial charge in [0, 0.05) is 36.9 Å². The highest BCUT2D eigenvalue weighted by molar-refractivity contribution is 7.26. The molecule has 0 unspecified atom stereocenters. The van der Waals surface area contributed by atoms with E-state index in [4.69, 9.17) is 9.97 Å². The fourth-order valence-corrected chi connectivity index (χ4v) is 10.2. The van der Waals surface area contributed by atoms with Gasteiger partial charge in [-0.3, -0.25) is 0 Å². The number of hydrogen-bond acceptors (Lipinski definition) is 3. The maximum absolute atomic E-state index is 5.43. The minimum absolute atomic E-state index is 0.503. The molecule has 56 heavy (non-hydrogen) atoms. The Bertz CT molecular complexity index is 2960. The molecule has 0 aliphatic heterocycles. The van der Waals surface area contributed by atoms with Gasteiger partial charge in [-0.2, -0.15) is 0 Å². The van der Waals surface area contributed by atoms with E-state index in [1.54, 1.807) is 0 Å². The zero-order chi connectivity index (χ0) is 37.1. The first-order valence-electron chi connectivity index (χ1n) is 19.1. The molecule has 11 rings (SSSR count). The maximum Gasteiger partial charge on any atom is 0.162 e. The predicted octanol–water partition coefficient (Wildman–Crippen LogP) is 13.9. The molecule has 262 valence electrons. The van der Waals surface area contributed by atoms with Crippen molar-refractivity contribution in [2.24, 2.45) is 0 Å². The van der Waals surface area contributed by atoms with E-state index in [1.165, 1.54) is 53.6 Å². The fourth-order valence-electron chi connectivity index (χ4n) is 8.94. The number of rotatable bonds is 6. The van der Waals surface area contributed by atoms with E-state index in [1.807, 2.05) is 11.3 Å². The van der Waals surface area contributed by atoms with Gasteiger partial charge in [0.2, 0.25) is 0 Å². The monoisotopic (exact) mass is 730 g/mol. The fraction of sp³-hybridized carbons (Fsp3) is 0.0189. The van der Waals surface area contributed by atoms with Crippen LogP contribution in [0.4, 0.5) is 0 Å². The molecule has 10 aromatic rings. The Kier molecular flexibility index (Phi) is 7.61. The van der Waals surface area contributed by atoms with Crippen LogP contribution in [0, 0.1) is 0 Å². The lowest BCUT2D eigenvalue weighted by molar-refractivity contribution is 0.769. The third-order valence-electron chi connectivity index (χ3n) is 11.4. The number of fused-ring (bicyclic) bond motifs is 6. The highest BCUT2D eigenvalue weighted by atomic mass is 32.1. The lowest BCUT2D eigenvalue weighted by Gasteiger charge is -2.34. The van der Waals surface area contributed by atoms with E-state index in [2.05, 4.69) is 206 Å². The van der Waals surface area contributed by atoms with Crippen molar-refractivity contribution >= 4 is 31.5 Å². The Morgan fingerprint density at radius 2 is 0.911 bits per heavy atom. The molecular formula is C53H34N2S. The van der Waals surface area contributed by atoms with Gasteiger partial charge in [0.05, 0.1) is 16.8 Å². The molecule has 0 fully saturated rings. The molecule has 2 heterocycles. The van der Waals surface area contributed by atoms with Crippen LogP contribution in [-0.4, -0.2) is 9.97 Å². The third-order valence-corrected chi connectivity index (χ3v) is 12.6. The van der Waals surface area contributed by atoms with Crippen LogP contribution in [0.5, 0.6) is 0 Å². The Labute approximate surface area is 330 Å². The van der Waals surface area contributed by atoms with Gasteiger partial charge < -0.3 is 0 Å². The highest BCUT2D eigenvalue weighted by Gasteiger charge is 2.46. The first-order chi connectivity index (χ1) is 27.8. The zero-order valence-electron chi connectivity index (χ0n) is 30.4. The number of aromatic nitrogens is 2. The lowest BCUT2D eigenvalue weighted by Crippen LogP contribution is -2.28. The molecule has 0 radical (unpaired) electrons. The number of nitrogens with zero attached hydrogens (tertiary/aromatic N) is 2. The summed E-state index contributed by atoms with van der Waals surface area (Å²) in [4.78, 5) is 10.9. The lowest BCUT2D eigenvalue weighted by atomic mass is 9.67. The van der Waals surface area contributed by atoms with Gasteiger partial charge in [0.25, 0.3) is 0 Å². The van der Waals surface area contributed by atoms with Crippen molar-refractivity contribution in [3.05, 3.63) is 229 Å². The number of benzene rings is 8. The van der Waals surface area contributed by atoms with Crippen LogP contribution < -0.4 is 0 Å². The van der Waals surface area contributed by atoms with Crippen molar-refractivity contribution in [3.63, 3.8) is 0 Å². The van der Waals surface area contributed by atoms with Crippen molar-refractivity contribution in [1.82, 2.24) is 9.97 Å². The zero-order valence-corrected chi connectivity index (χ0v) is 31.2. The molecule has 1 aliphatic rings. The van der Waals surface area contributed by atoms with E-state index in [9.17, 15) is 0 Å². The molecular weight excluding hydrogens is 697 g/mol. The van der Waals surface area contributed by atoms with Crippen molar-refractivity contribution in [1.29, 1.82) is 0 Å². The van der Waals surface area contributed by atoms with Gasteiger partial charge in [0.15, 0.2) is 5.82 Å². The van der Waals surface area contributed by atoms with Crippen LogP contribution in [-0.2, 0) is 5.41 Å². The van der Waals surface area contributed by atoms with E-state index >= 15 is 0 Å². The van der Waals surface area contributed by atoms with Crippen molar-refractivity contribution < 1.29 is 0 Å². The maximum atomic E-state index is 5.43. The Morgan fingerprint density at radius 1 is 0.375 bits per heavy atom. The Morgan fingerprint density at radius 3 is 1.57 bits per heavy atom. The summed E-state index contributed by atoms with van der Waals surface area (Å²) in [5.41, 5.74) is 14.3. The summed E-state index contributed by atoms with van der Waals surface area (Å²) < 4.78 is 2.44. The van der Waals surface area contributed by atoms with Crippen LogP contribution in [0.1, 0.15) is 22.3 Å².